The minimum atomic E-state index is -0.322. The molecule has 0 fully saturated rings. The fourth-order valence-electron chi connectivity index (χ4n) is 1.72. The van der Waals surface area contributed by atoms with Gasteiger partial charge in [0.1, 0.15) is 11.4 Å². The van der Waals surface area contributed by atoms with Crippen molar-refractivity contribution in [2.75, 3.05) is 31.3 Å². The largest absolute Gasteiger partial charge is 0.470 e. The van der Waals surface area contributed by atoms with E-state index in [1.165, 1.54) is 0 Å². The summed E-state index contributed by atoms with van der Waals surface area (Å²) in [4.78, 5) is 4.45. The first-order valence-electron chi connectivity index (χ1n) is 7.31. The molecule has 0 saturated heterocycles. The average molecular weight is 295 g/mol. The van der Waals surface area contributed by atoms with Crippen LogP contribution in [0.2, 0.25) is 0 Å². The van der Waals surface area contributed by atoms with Crippen LogP contribution >= 0.6 is 0 Å². The number of rotatable bonds is 7. The van der Waals surface area contributed by atoms with E-state index in [2.05, 4.69) is 24.1 Å². The molecule has 5 nitrogen and oxygen atoms in total. The normalized spacial score (nSPS) is 12.3. The fraction of sp³-hybridized carbons (Fsp3) is 0.688. The highest BCUT2D eigenvalue weighted by molar-refractivity contribution is 5.53. The number of nitrogen functional groups attached to an aromatic ring is 1. The third kappa shape index (κ3) is 6.67. The molecule has 1 aromatic heterocycles. The van der Waals surface area contributed by atoms with Crippen molar-refractivity contribution in [1.82, 2.24) is 4.98 Å². The minimum absolute atomic E-state index is 0.129. The Morgan fingerprint density at radius 2 is 1.86 bits per heavy atom. The SMILES string of the molecule is COCCC(C)(C)CNc1ccc(N)c(OC(C)(C)C)n1. The zero-order valence-corrected chi connectivity index (χ0v) is 14.1. The van der Waals surface area contributed by atoms with Gasteiger partial charge in [0.15, 0.2) is 0 Å². The standard InChI is InChI=1S/C16H29N3O2/c1-15(2,3)21-14-12(17)7-8-13(19-14)18-11-16(4,5)9-10-20-6/h7-8H,9-11,17H2,1-6H3,(H,18,19). The first-order valence-corrected chi connectivity index (χ1v) is 7.31. The van der Waals surface area contributed by atoms with Gasteiger partial charge in [-0.1, -0.05) is 13.8 Å². The summed E-state index contributed by atoms with van der Waals surface area (Å²) in [5, 5.41) is 3.34. The van der Waals surface area contributed by atoms with Crippen LogP contribution in [0.3, 0.4) is 0 Å². The molecule has 1 heterocycles. The van der Waals surface area contributed by atoms with Gasteiger partial charge in [-0.05, 0) is 44.7 Å². The van der Waals surface area contributed by atoms with E-state index in [9.17, 15) is 0 Å². The predicted molar refractivity (Wildman–Crippen MR) is 87.8 cm³/mol. The van der Waals surface area contributed by atoms with Crippen LogP contribution in [-0.4, -0.2) is 30.8 Å². The topological polar surface area (TPSA) is 69.4 Å². The molecule has 0 aliphatic rings. The molecule has 5 heteroatoms. The third-order valence-corrected chi connectivity index (χ3v) is 3.02. The van der Waals surface area contributed by atoms with Crippen LogP contribution in [0, 0.1) is 5.41 Å². The Balaban J connectivity index is 2.70. The van der Waals surface area contributed by atoms with Gasteiger partial charge in [0.2, 0.25) is 5.88 Å². The van der Waals surface area contributed by atoms with Crippen LogP contribution in [0.25, 0.3) is 0 Å². The first-order chi connectivity index (χ1) is 9.63. The molecule has 0 atom stereocenters. The van der Waals surface area contributed by atoms with Gasteiger partial charge in [0.25, 0.3) is 0 Å². The summed E-state index contributed by atoms with van der Waals surface area (Å²) < 4.78 is 10.9. The number of hydrogen-bond acceptors (Lipinski definition) is 5. The highest BCUT2D eigenvalue weighted by atomic mass is 16.5. The second-order valence-electron chi connectivity index (χ2n) is 7.07. The highest BCUT2D eigenvalue weighted by Crippen LogP contribution is 2.26. The smallest absolute Gasteiger partial charge is 0.239 e. The molecule has 21 heavy (non-hydrogen) atoms. The van der Waals surface area contributed by atoms with Gasteiger partial charge in [-0.15, -0.1) is 0 Å². The lowest BCUT2D eigenvalue weighted by molar-refractivity contribution is 0.125. The zero-order valence-electron chi connectivity index (χ0n) is 14.1. The van der Waals surface area contributed by atoms with Crippen molar-refractivity contribution >= 4 is 11.5 Å². The van der Waals surface area contributed by atoms with E-state index < -0.39 is 0 Å². The lowest BCUT2D eigenvalue weighted by Gasteiger charge is -2.25. The lowest BCUT2D eigenvalue weighted by Crippen LogP contribution is -2.26. The van der Waals surface area contributed by atoms with E-state index in [1.54, 1.807) is 7.11 Å². The maximum Gasteiger partial charge on any atom is 0.239 e. The van der Waals surface area contributed by atoms with Crippen molar-refractivity contribution < 1.29 is 9.47 Å². The number of pyridine rings is 1. The molecule has 1 rings (SSSR count). The third-order valence-electron chi connectivity index (χ3n) is 3.02. The number of aromatic nitrogens is 1. The van der Waals surface area contributed by atoms with Gasteiger partial charge >= 0.3 is 0 Å². The molecular weight excluding hydrogens is 266 g/mol. The van der Waals surface area contributed by atoms with Gasteiger partial charge < -0.3 is 20.5 Å². The van der Waals surface area contributed by atoms with E-state index in [-0.39, 0.29) is 11.0 Å². The lowest BCUT2D eigenvalue weighted by atomic mass is 9.90. The van der Waals surface area contributed by atoms with Crippen molar-refractivity contribution in [1.29, 1.82) is 0 Å². The van der Waals surface area contributed by atoms with E-state index in [0.29, 0.717) is 11.6 Å². The van der Waals surface area contributed by atoms with Gasteiger partial charge in [-0.3, -0.25) is 0 Å². The van der Waals surface area contributed by atoms with E-state index >= 15 is 0 Å². The van der Waals surface area contributed by atoms with Crippen LogP contribution in [0.15, 0.2) is 12.1 Å². The zero-order chi connectivity index (χ0) is 16.1. The number of hydrogen-bond donors (Lipinski definition) is 2. The van der Waals surface area contributed by atoms with Gasteiger partial charge in [-0.25, -0.2) is 0 Å². The summed E-state index contributed by atoms with van der Waals surface area (Å²) in [6.45, 7) is 11.9. The molecule has 0 unspecified atom stereocenters. The Morgan fingerprint density at radius 3 is 2.43 bits per heavy atom. The summed E-state index contributed by atoms with van der Waals surface area (Å²) in [6.07, 6.45) is 0.983. The second kappa shape index (κ2) is 6.98. The predicted octanol–water partition coefficient (Wildman–Crippen LogP) is 3.32. The minimum Gasteiger partial charge on any atom is -0.470 e. The van der Waals surface area contributed by atoms with E-state index in [0.717, 1.165) is 25.4 Å². The monoisotopic (exact) mass is 295 g/mol. The van der Waals surface area contributed by atoms with Gasteiger partial charge in [0.05, 0.1) is 5.69 Å². The van der Waals surface area contributed by atoms with Gasteiger partial charge in [0, 0.05) is 20.3 Å². The molecule has 0 spiro atoms. The summed E-state index contributed by atoms with van der Waals surface area (Å²) in [6, 6.07) is 3.69. The molecule has 0 saturated carbocycles. The Kier molecular flexibility index (Phi) is 5.84. The van der Waals surface area contributed by atoms with E-state index in [1.807, 2.05) is 32.9 Å². The molecule has 0 aliphatic carbocycles. The number of anilines is 2. The molecule has 0 amide bonds. The van der Waals surface area contributed by atoms with Crippen LogP contribution in [-0.2, 0) is 4.74 Å². The summed E-state index contributed by atoms with van der Waals surface area (Å²) in [7, 11) is 1.72. The van der Waals surface area contributed by atoms with Crippen molar-refractivity contribution in [2.45, 2.75) is 46.6 Å². The summed E-state index contributed by atoms with van der Waals surface area (Å²) in [5.74, 6) is 1.25. The second-order valence-corrected chi connectivity index (χ2v) is 7.07. The van der Waals surface area contributed by atoms with Crippen LogP contribution in [0.5, 0.6) is 5.88 Å². The van der Waals surface area contributed by atoms with E-state index in [4.69, 9.17) is 15.2 Å². The molecule has 0 bridgehead atoms. The van der Waals surface area contributed by atoms with Crippen molar-refractivity contribution in [3.63, 3.8) is 0 Å². The Bertz CT molecular complexity index is 453. The molecule has 1 aromatic rings. The number of methoxy groups -OCH3 is 1. The number of nitrogens with two attached hydrogens (primary N) is 1. The van der Waals surface area contributed by atoms with Crippen LogP contribution < -0.4 is 15.8 Å². The van der Waals surface area contributed by atoms with Crippen LogP contribution in [0.4, 0.5) is 11.5 Å². The maximum absolute atomic E-state index is 5.91. The average Bonchev–Trinajstić information content (AvgIpc) is 2.36. The van der Waals surface area contributed by atoms with Gasteiger partial charge in [-0.2, -0.15) is 4.98 Å². The maximum atomic E-state index is 5.91. The summed E-state index contributed by atoms with van der Waals surface area (Å²) >= 11 is 0. The first kappa shape index (κ1) is 17.6. The number of ether oxygens (including phenoxy) is 2. The molecule has 0 radical (unpaired) electrons. The number of nitrogens with one attached hydrogen (secondary N) is 1. The highest BCUT2D eigenvalue weighted by Gasteiger charge is 2.19. The van der Waals surface area contributed by atoms with Crippen molar-refractivity contribution in [3.05, 3.63) is 12.1 Å². The Hall–Kier alpha value is -1.49. The molecule has 3 N–H and O–H groups in total. The Morgan fingerprint density at radius 1 is 1.19 bits per heavy atom. The molecule has 120 valence electrons. The van der Waals surface area contributed by atoms with Crippen molar-refractivity contribution in [2.24, 2.45) is 5.41 Å². The quantitative estimate of drug-likeness (QED) is 0.807. The van der Waals surface area contributed by atoms with Crippen molar-refractivity contribution in [3.8, 4) is 5.88 Å². The fourth-order valence-corrected chi connectivity index (χ4v) is 1.72. The number of nitrogens with zero attached hydrogens (tertiary/aromatic N) is 1. The van der Waals surface area contributed by atoms with Crippen LogP contribution in [0.1, 0.15) is 41.0 Å². The Labute approximate surface area is 128 Å². The molecule has 0 aliphatic heterocycles. The molecular formula is C16H29N3O2. The summed E-state index contributed by atoms with van der Waals surface area (Å²) in [5.41, 5.74) is 6.27. The molecule has 0 aromatic carbocycles.